The molecular weight excluding hydrogens is 146 g/mol. The number of piperidine rings is 1. The zero-order chi connectivity index (χ0) is 8.72. The quantitative estimate of drug-likeness (QED) is 0.535. The molecular formula is C11H21N. The summed E-state index contributed by atoms with van der Waals surface area (Å²) in [6, 6.07) is 0. The van der Waals surface area contributed by atoms with E-state index < -0.39 is 0 Å². The maximum absolute atomic E-state index is 2.52. The van der Waals surface area contributed by atoms with Crippen LogP contribution in [0.1, 0.15) is 26.7 Å². The van der Waals surface area contributed by atoms with Crippen molar-refractivity contribution in [2.45, 2.75) is 26.7 Å². The summed E-state index contributed by atoms with van der Waals surface area (Å²) in [7, 11) is 2.28. The van der Waals surface area contributed by atoms with E-state index in [2.05, 4.69) is 25.8 Å². The van der Waals surface area contributed by atoms with E-state index in [0.717, 1.165) is 23.7 Å². The van der Waals surface area contributed by atoms with Crippen LogP contribution in [0.2, 0.25) is 0 Å². The Kier molecular flexibility index (Phi) is 2.16. The molecule has 0 aromatic heterocycles. The van der Waals surface area contributed by atoms with E-state index in [1.54, 1.807) is 0 Å². The molecule has 0 radical (unpaired) electrons. The summed E-state index contributed by atoms with van der Waals surface area (Å²) in [4.78, 5) is 2.52. The first-order chi connectivity index (χ1) is 5.68. The molecule has 1 saturated heterocycles. The minimum Gasteiger partial charge on any atom is -0.306 e. The SMILES string of the molecule is C[C@@H]1CC[C@@H]2[C@@H]1CN(C)C[C@@H]2C. The number of hydrogen-bond acceptors (Lipinski definition) is 1. The van der Waals surface area contributed by atoms with Crippen molar-refractivity contribution in [1.82, 2.24) is 4.90 Å². The Balaban J connectivity index is 2.08. The average Bonchev–Trinajstić information content (AvgIpc) is 2.33. The molecule has 1 nitrogen and oxygen atoms in total. The molecule has 1 heteroatoms. The average molecular weight is 167 g/mol. The summed E-state index contributed by atoms with van der Waals surface area (Å²) < 4.78 is 0. The highest BCUT2D eigenvalue weighted by Gasteiger charge is 2.40. The van der Waals surface area contributed by atoms with Gasteiger partial charge in [0.15, 0.2) is 0 Å². The molecule has 70 valence electrons. The first kappa shape index (κ1) is 8.55. The van der Waals surface area contributed by atoms with Crippen molar-refractivity contribution in [1.29, 1.82) is 0 Å². The maximum atomic E-state index is 2.52. The molecule has 1 heterocycles. The van der Waals surface area contributed by atoms with Crippen LogP contribution in [0.4, 0.5) is 0 Å². The predicted molar refractivity (Wildman–Crippen MR) is 52.0 cm³/mol. The molecule has 1 aliphatic heterocycles. The Bertz CT molecular complexity index is 166. The second-order valence-electron chi connectivity index (χ2n) is 5.08. The van der Waals surface area contributed by atoms with E-state index in [1.807, 2.05) is 0 Å². The molecule has 2 fully saturated rings. The molecule has 0 amide bonds. The van der Waals surface area contributed by atoms with Gasteiger partial charge in [0.05, 0.1) is 0 Å². The summed E-state index contributed by atoms with van der Waals surface area (Å²) in [5.41, 5.74) is 0. The predicted octanol–water partition coefficient (Wildman–Crippen LogP) is 2.23. The highest BCUT2D eigenvalue weighted by atomic mass is 15.1. The third-order valence-corrected chi connectivity index (χ3v) is 4.09. The van der Waals surface area contributed by atoms with Gasteiger partial charge in [0.2, 0.25) is 0 Å². The molecule has 0 N–H and O–H groups in total. The molecule has 1 saturated carbocycles. The molecule has 0 bridgehead atoms. The molecule has 0 spiro atoms. The van der Waals surface area contributed by atoms with Gasteiger partial charge in [0.1, 0.15) is 0 Å². The van der Waals surface area contributed by atoms with Crippen molar-refractivity contribution < 1.29 is 0 Å². The van der Waals surface area contributed by atoms with Crippen LogP contribution in [-0.4, -0.2) is 25.0 Å². The second kappa shape index (κ2) is 3.02. The van der Waals surface area contributed by atoms with E-state index >= 15 is 0 Å². The number of hydrogen-bond donors (Lipinski definition) is 0. The van der Waals surface area contributed by atoms with Crippen molar-refractivity contribution >= 4 is 0 Å². The van der Waals surface area contributed by atoms with Gasteiger partial charge in [0.25, 0.3) is 0 Å². The summed E-state index contributed by atoms with van der Waals surface area (Å²) in [6.45, 7) is 7.56. The summed E-state index contributed by atoms with van der Waals surface area (Å²) in [5, 5.41) is 0. The third-order valence-electron chi connectivity index (χ3n) is 4.09. The van der Waals surface area contributed by atoms with Gasteiger partial charge in [-0.2, -0.15) is 0 Å². The number of likely N-dealkylation sites (tertiary alicyclic amines) is 1. The Morgan fingerprint density at radius 1 is 0.917 bits per heavy atom. The lowest BCUT2D eigenvalue weighted by Gasteiger charge is -2.39. The molecule has 4 atom stereocenters. The Labute approximate surface area is 76.1 Å². The Morgan fingerprint density at radius 3 is 2.42 bits per heavy atom. The lowest BCUT2D eigenvalue weighted by atomic mass is 9.79. The topological polar surface area (TPSA) is 3.24 Å². The minimum atomic E-state index is 0.943. The highest BCUT2D eigenvalue weighted by Crippen LogP contribution is 2.43. The van der Waals surface area contributed by atoms with Crippen molar-refractivity contribution in [3.05, 3.63) is 0 Å². The number of nitrogens with zero attached hydrogens (tertiary/aromatic N) is 1. The van der Waals surface area contributed by atoms with Gasteiger partial charge in [-0.25, -0.2) is 0 Å². The fourth-order valence-corrected chi connectivity index (χ4v) is 3.39. The van der Waals surface area contributed by atoms with Gasteiger partial charge >= 0.3 is 0 Å². The van der Waals surface area contributed by atoms with Crippen LogP contribution in [0.5, 0.6) is 0 Å². The second-order valence-corrected chi connectivity index (χ2v) is 5.08. The molecule has 0 unspecified atom stereocenters. The van der Waals surface area contributed by atoms with Crippen LogP contribution in [-0.2, 0) is 0 Å². The van der Waals surface area contributed by atoms with Crippen molar-refractivity contribution in [3.8, 4) is 0 Å². The first-order valence-electron chi connectivity index (χ1n) is 5.37. The van der Waals surface area contributed by atoms with E-state index in [-0.39, 0.29) is 0 Å². The fraction of sp³-hybridized carbons (Fsp3) is 1.00. The molecule has 0 aromatic carbocycles. The van der Waals surface area contributed by atoms with E-state index in [0.29, 0.717) is 0 Å². The first-order valence-corrected chi connectivity index (χ1v) is 5.37. The molecule has 1 aliphatic carbocycles. The molecule has 12 heavy (non-hydrogen) atoms. The van der Waals surface area contributed by atoms with E-state index in [4.69, 9.17) is 0 Å². The van der Waals surface area contributed by atoms with Crippen LogP contribution in [0, 0.1) is 23.7 Å². The zero-order valence-electron chi connectivity index (χ0n) is 8.59. The van der Waals surface area contributed by atoms with E-state index in [9.17, 15) is 0 Å². The zero-order valence-corrected chi connectivity index (χ0v) is 8.59. The van der Waals surface area contributed by atoms with Crippen LogP contribution in [0.15, 0.2) is 0 Å². The van der Waals surface area contributed by atoms with Gasteiger partial charge in [-0.3, -0.25) is 0 Å². The summed E-state index contributed by atoms with van der Waals surface area (Å²) >= 11 is 0. The Morgan fingerprint density at radius 2 is 1.67 bits per heavy atom. The van der Waals surface area contributed by atoms with E-state index in [1.165, 1.54) is 25.9 Å². The normalized spacial score (nSPS) is 49.2. The van der Waals surface area contributed by atoms with Gasteiger partial charge in [-0.05, 0) is 37.1 Å². The lowest BCUT2D eigenvalue weighted by molar-refractivity contribution is 0.0927. The third kappa shape index (κ3) is 1.28. The summed E-state index contributed by atoms with van der Waals surface area (Å²) in [5.74, 6) is 3.99. The van der Waals surface area contributed by atoms with Gasteiger partial charge in [-0.15, -0.1) is 0 Å². The molecule has 2 aliphatic rings. The minimum absolute atomic E-state index is 0.943. The van der Waals surface area contributed by atoms with Crippen molar-refractivity contribution in [2.75, 3.05) is 20.1 Å². The number of fused-ring (bicyclic) bond motifs is 1. The maximum Gasteiger partial charge on any atom is 0.00120 e. The fourth-order valence-electron chi connectivity index (χ4n) is 3.39. The summed E-state index contributed by atoms with van der Waals surface area (Å²) in [6.07, 6.45) is 2.98. The van der Waals surface area contributed by atoms with Crippen molar-refractivity contribution in [2.24, 2.45) is 23.7 Å². The van der Waals surface area contributed by atoms with Crippen LogP contribution < -0.4 is 0 Å². The van der Waals surface area contributed by atoms with Crippen LogP contribution >= 0.6 is 0 Å². The van der Waals surface area contributed by atoms with Crippen molar-refractivity contribution in [3.63, 3.8) is 0 Å². The smallest absolute Gasteiger partial charge is 0.00120 e. The van der Waals surface area contributed by atoms with Gasteiger partial charge in [0, 0.05) is 13.1 Å². The largest absolute Gasteiger partial charge is 0.306 e. The molecule has 0 aromatic rings. The molecule has 2 rings (SSSR count). The Hall–Kier alpha value is -0.0400. The lowest BCUT2D eigenvalue weighted by Crippen LogP contribution is -2.42. The van der Waals surface area contributed by atoms with Crippen LogP contribution in [0.25, 0.3) is 0 Å². The number of rotatable bonds is 0. The standard InChI is InChI=1S/C11H21N/c1-8-4-5-10-9(2)6-12(3)7-11(8)10/h8-11H,4-7H2,1-3H3/t8-,9+,10+,11-/m1/s1. The van der Waals surface area contributed by atoms with Gasteiger partial charge in [-0.1, -0.05) is 20.3 Å². The monoisotopic (exact) mass is 167 g/mol. The van der Waals surface area contributed by atoms with Gasteiger partial charge < -0.3 is 4.90 Å². The highest BCUT2D eigenvalue weighted by molar-refractivity contribution is 4.91. The van der Waals surface area contributed by atoms with Crippen LogP contribution in [0.3, 0.4) is 0 Å².